The number of nitrogens with zero attached hydrogens (tertiary/aromatic N) is 2. The number of fused-ring (bicyclic) bond motifs is 3. The molecule has 1 atom stereocenters. The van der Waals surface area contributed by atoms with E-state index in [-0.39, 0.29) is 5.56 Å². The molecule has 6 nitrogen and oxygen atoms in total. The number of aliphatic hydroxyl groups excluding tert-OH is 1. The summed E-state index contributed by atoms with van der Waals surface area (Å²) in [6, 6.07) is 17.4. The molecule has 0 saturated heterocycles. The van der Waals surface area contributed by atoms with E-state index in [2.05, 4.69) is 5.32 Å². The van der Waals surface area contributed by atoms with Crippen molar-refractivity contribution in [3.05, 3.63) is 81.6 Å². The summed E-state index contributed by atoms with van der Waals surface area (Å²) in [5.41, 5.74) is 12.4. The lowest BCUT2D eigenvalue weighted by atomic mass is 10.1. The summed E-state index contributed by atoms with van der Waals surface area (Å²) in [4.78, 5) is 12.8. The zero-order valence-corrected chi connectivity index (χ0v) is 16.7. The van der Waals surface area contributed by atoms with E-state index in [1.807, 2.05) is 66.9 Å². The third-order valence-corrected chi connectivity index (χ3v) is 5.38. The maximum Gasteiger partial charge on any atom is 0.257 e. The lowest BCUT2D eigenvalue weighted by Crippen LogP contribution is -2.26. The van der Waals surface area contributed by atoms with E-state index in [1.165, 1.54) is 5.56 Å². The molecule has 2 aromatic heterocycles. The molecule has 0 aliphatic rings. The van der Waals surface area contributed by atoms with Gasteiger partial charge in [-0.25, -0.2) is 0 Å². The molecule has 29 heavy (non-hydrogen) atoms. The van der Waals surface area contributed by atoms with E-state index < -0.39 is 6.10 Å². The van der Waals surface area contributed by atoms with Crippen molar-refractivity contribution in [2.45, 2.75) is 33.0 Å². The number of hydrogen-bond acceptors (Lipinski definition) is 4. The summed E-state index contributed by atoms with van der Waals surface area (Å²) in [7, 11) is 0. The summed E-state index contributed by atoms with van der Waals surface area (Å²) in [5.74, 6) is 0. The average Bonchev–Trinajstić information content (AvgIpc) is 3.03. The third-order valence-electron chi connectivity index (χ3n) is 5.38. The lowest BCUT2D eigenvalue weighted by Gasteiger charge is -2.17. The van der Waals surface area contributed by atoms with Gasteiger partial charge in [-0.2, -0.15) is 0 Å². The standard InChI is InChI=1S/C23H26N4O2/c1-15-7-9-17(10-8-15)25-13-18(28)14-26-20-5-3-4-6-21(20)27-22(29)11-16(2)19(12-24)23(26)27/h3-11,18,25,28H,12-14,24H2,1-2H3. The molecule has 2 heterocycles. The van der Waals surface area contributed by atoms with Crippen molar-refractivity contribution in [3.63, 3.8) is 0 Å². The summed E-state index contributed by atoms with van der Waals surface area (Å²) < 4.78 is 3.71. The number of pyridine rings is 1. The number of imidazole rings is 1. The summed E-state index contributed by atoms with van der Waals surface area (Å²) in [5, 5.41) is 14.0. The van der Waals surface area contributed by atoms with Gasteiger partial charge in [-0.3, -0.25) is 9.20 Å². The zero-order valence-electron chi connectivity index (χ0n) is 16.7. The second-order valence-corrected chi connectivity index (χ2v) is 7.51. The molecule has 0 aliphatic heterocycles. The largest absolute Gasteiger partial charge is 0.389 e. The Morgan fingerprint density at radius 2 is 1.76 bits per heavy atom. The fourth-order valence-electron chi connectivity index (χ4n) is 3.88. The molecule has 0 bridgehead atoms. The van der Waals surface area contributed by atoms with Crippen LogP contribution in [0.3, 0.4) is 0 Å². The summed E-state index contributed by atoms with van der Waals surface area (Å²) in [6.07, 6.45) is -0.642. The number of nitrogens with one attached hydrogen (secondary N) is 1. The van der Waals surface area contributed by atoms with Gasteiger partial charge in [-0.1, -0.05) is 29.8 Å². The predicted molar refractivity (Wildman–Crippen MR) is 117 cm³/mol. The fraction of sp³-hybridized carbons (Fsp3) is 0.261. The quantitative estimate of drug-likeness (QED) is 0.473. The van der Waals surface area contributed by atoms with Gasteiger partial charge in [0, 0.05) is 30.4 Å². The Balaban J connectivity index is 1.73. The zero-order chi connectivity index (χ0) is 20.5. The van der Waals surface area contributed by atoms with Gasteiger partial charge < -0.3 is 20.7 Å². The number of para-hydroxylation sites is 2. The second kappa shape index (κ2) is 7.73. The van der Waals surface area contributed by atoms with Crippen molar-refractivity contribution >= 4 is 22.4 Å². The Kier molecular flexibility index (Phi) is 5.13. The number of aliphatic hydroxyl groups is 1. The molecule has 1 unspecified atom stereocenters. The molecule has 0 spiro atoms. The van der Waals surface area contributed by atoms with Gasteiger partial charge in [0.2, 0.25) is 0 Å². The van der Waals surface area contributed by atoms with Crippen LogP contribution in [0.5, 0.6) is 0 Å². The molecular weight excluding hydrogens is 364 g/mol. The van der Waals surface area contributed by atoms with E-state index in [0.29, 0.717) is 19.6 Å². The van der Waals surface area contributed by atoms with Crippen LogP contribution in [0.1, 0.15) is 16.7 Å². The van der Waals surface area contributed by atoms with Crippen LogP contribution in [-0.4, -0.2) is 26.7 Å². The first kappa shape index (κ1) is 19.2. The van der Waals surface area contributed by atoms with Gasteiger partial charge in [0.15, 0.2) is 0 Å². The molecule has 2 aromatic carbocycles. The number of rotatable bonds is 6. The lowest BCUT2D eigenvalue weighted by molar-refractivity contribution is 0.169. The van der Waals surface area contributed by atoms with Crippen molar-refractivity contribution in [2.75, 3.05) is 11.9 Å². The minimum Gasteiger partial charge on any atom is -0.389 e. The van der Waals surface area contributed by atoms with Crippen molar-refractivity contribution in [3.8, 4) is 0 Å². The Morgan fingerprint density at radius 3 is 2.45 bits per heavy atom. The number of hydrogen-bond donors (Lipinski definition) is 3. The number of benzene rings is 2. The molecule has 150 valence electrons. The molecule has 0 amide bonds. The van der Waals surface area contributed by atoms with Crippen molar-refractivity contribution in [1.82, 2.24) is 8.97 Å². The summed E-state index contributed by atoms with van der Waals surface area (Å²) >= 11 is 0. The topological polar surface area (TPSA) is 84.7 Å². The Morgan fingerprint density at radius 1 is 1.07 bits per heavy atom. The normalized spacial score (nSPS) is 12.6. The fourth-order valence-corrected chi connectivity index (χ4v) is 3.88. The number of anilines is 1. The van der Waals surface area contributed by atoms with Crippen molar-refractivity contribution in [1.29, 1.82) is 0 Å². The van der Waals surface area contributed by atoms with Crippen LogP contribution < -0.4 is 16.6 Å². The van der Waals surface area contributed by atoms with Crippen molar-refractivity contribution < 1.29 is 5.11 Å². The Labute approximate surface area is 169 Å². The van der Waals surface area contributed by atoms with Crippen LogP contribution >= 0.6 is 0 Å². The van der Waals surface area contributed by atoms with Gasteiger partial charge in [0.1, 0.15) is 5.65 Å². The average molecular weight is 390 g/mol. The number of aryl methyl sites for hydroxylation is 2. The van der Waals surface area contributed by atoms with Crippen LogP contribution in [-0.2, 0) is 13.1 Å². The van der Waals surface area contributed by atoms with Gasteiger partial charge in [0.05, 0.1) is 23.7 Å². The van der Waals surface area contributed by atoms with Crippen LogP contribution in [0.15, 0.2) is 59.4 Å². The smallest absolute Gasteiger partial charge is 0.257 e. The van der Waals surface area contributed by atoms with E-state index in [1.54, 1.807) is 10.5 Å². The molecule has 0 saturated carbocycles. The first-order chi connectivity index (χ1) is 14.0. The van der Waals surface area contributed by atoms with Crippen molar-refractivity contribution in [2.24, 2.45) is 5.73 Å². The maximum atomic E-state index is 12.8. The molecule has 0 aliphatic carbocycles. The van der Waals surface area contributed by atoms with Gasteiger partial charge in [0.25, 0.3) is 5.56 Å². The minimum atomic E-state index is -0.642. The number of nitrogens with two attached hydrogens (primary N) is 1. The minimum absolute atomic E-state index is 0.0862. The highest BCUT2D eigenvalue weighted by molar-refractivity contribution is 5.83. The molecule has 0 radical (unpaired) electrons. The highest BCUT2D eigenvalue weighted by Crippen LogP contribution is 2.24. The first-order valence-corrected chi connectivity index (χ1v) is 9.80. The van der Waals surface area contributed by atoms with Crippen LogP contribution in [0, 0.1) is 13.8 Å². The summed E-state index contributed by atoms with van der Waals surface area (Å²) in [6.45, 7) is 5.02. The first-order valence-electron chi connectivity index (χ1n) is 9.80. The van der Waals surface area contributed by atoms with Crippen LogP contribution in [0.2, 0.25) is 0 Å². The maximum absolute atomic E-state index is 12.8. The van der Waals surface area contributed by atoms with Gasteiger partial charge in [-0.05, 0) is 43.7 Å². The molecule has 4 aromatic rings. The van der Waals surface area contributed by atoms with E-state index in [9.17, 15) is 9.90 Å². The highest BCUT2D eigenvalue weighted by Gasteiger charge is 2.18. The molecule has 4 N–H and O–H groups in total. The van der Waals surface area contributed by atoms with E-state index in [4.69, 9.17) is 5.73 Å². The van der Waals surface area contributed by atoms with Gasteiger partial charge >= 0.3 is 0 Å². The van der Waals surface area contributed by atoms with Gasteiger partial charge in [-0.15, -0.1) is 0 Å². The SMILES string of the molecule is Cc1ccc(NCC(O)Cn2c3ccccc3n3c(=O)cc(C)c(CN)c23)cc1. The third kappa shape index (κ3) is 3.52. The van der Waals surface area contributed by atoms with E-state index in [0.717, 1.165) is 33.5 Å². The number of aromatic nitrogens is 2. The second-order valence-electron chi connectivity index (χ2n) is 7.51. The monoisotopic (exact) mass is 390 g/mol. The highest BCUT2D eigenvalue weighted by atomic mass is 16.3. The van der Waals surface area contributed by atoms with Crippen LogP contribution in [0.25, 0.3) is 16.7 Å². The van der Waals surface area contributed by atoms with E-state index >= 15 is 0 Å². The molecule has 0 fully saturated rings. The Hall–Kier alpha value is -3.09. The Bertz CT molecular complexity index is 1220. The van der Waals surface area contributed by atoms with Crippen LogP contribution in [0.4, 0.5) is 5.69 Å². The molecule has 4 rings (SSSR count). The predicted octanol–water partition coefficient (Wildman–Crippen LogP) is 2.80. The molecular formula is C23H26N4O2. The molecule has 6 heteroatoms.